The molecule has 1 aromatic heterocycles. The summed E-state index contributed by atoms with van der Waals surface area (Å²) in [6, 6.07) is 2.84. The molecule has 1 rings (SSSR count). The van der Waals surface area contributed by atoms with E-state index in [-0.39, 0.29) is 24.7 Å². The second kappa shape index (κ2) is 7.14. The molecular formula is C11H16N4O4. The number of rotatable bonds is 7. The maximum atomic E-state index is 11.2. The molecule has 0 amide bonds. The molecule has 1 heterocycles. The predicted molar refractivity (Wildman–Crippen MR) is 70.2 cm³/mol. The summed E-state index contributed by atoms with van der Waals surface area (Å²) in [5.74, 6) is 0.0448. The maximum absolute atomic E-state index is 11.2. The summed E-state index contributed by atoms with van der Waals surface area (Å²) in [5, 5.41) is 16.4. The third-order valence-electron chi connectivity index (χ3n) is 2.13. The Balaban J connectivity index is 2.85. The Morgan fingerprint density at radius 1 is 1.42 bits per heavy atom. The molecule has 0 fully saturated rings. The predicted octanol–water partition coefficient (Wildman–Crippen LogP) is 1.40. The van der Waals surface area contributed by atoms with Crippen molar-refractivity contribution in [2.45, 2.75) is 13.8 Å². The highest BCUT2D eigenvalue weighted by Gasteiger charge is 2.16. The molecule has 0 unspecified atom stereocenters. The molecule has 0 bridgehead atoms. The van der Waals surface area contributed by atoms with E-state index in [2.05, 4.69) is 15.6 Å². The van der Waals surface area contributed by atoms with Crippen molar-refractivity contribution in [2.24, 2.45) is 0 Å². The summed E-state index contributed by atoms with van der Waals surface area (Å²) < 4.78 is 4.73. The topological polar surface area (TPSA) is 106 Å². The molecule has 0 aliphatic heterocycles. The first kappa shape index (κ1) is 14.7. The van der Waals surface area contributed by atoms with Gasteiger partial charge >= 0.3 is 11.7 Å². The van der Waals surface area contributed by atoms with Crippen LogP contribution in [-0.4, -0.2) is 35.6 Å². The van der Waals surface area contributed by atoms with Crippen molar-refractivity contribution < 1.29 is 14.5 Å². The van der Waals surface area contributed by atoms with Crippen molar-refractivity contribution in [3.05, 3.63) is 22.2 Å². The van der Waals surface area contributed by atoms with Crippen LogP contribution >= 0.6 is 0 Å². The van der Waals surface area contributed by atoms with Crippen LogP contribution in [0.1, 0.15) is 13.8 Å². The van der Waals surface area contributed by atoms with Crippen LogP contribution < -0.4 is 10.6 Å². The van der Waals surface area contributed by atoms with Gasteiger partial charge in [-0.05, 0) is 19.9 Å². The number of aromatic nitrogens is 1. The Labute approximate surface area is 110 Å². The molecule has 19 heavy (non-hydrogen) atoms. The molecule has 0 radical (unpaired) electrons. The molecule has 0 aliphatic rings. The lowest BCUT2D eigenvalue weighted by atomic mass is 10.3. The second-order valence-corrected chi connectivity index (χ2v) is 3.51. The van der Waals surface area contributed by atoms with Crippen molar-refractivity contribution in [3.8, 4) is 0 Å². The number of hydrogen-bond acceptors (Lipinski definition) is 7. The third kappa shape index (κ3) is 4.41. The molecule has 0 saturated carbocycles. The molecule has 0 aliphatic carbocycles. The Bertz CT molecular complexity index is 464. The van der Waals surface area contributed by atoms with Gasteiger partial charge in [-0.2, -0.15) is 0 Å². The minimum absolute atomic E-state index is 0.0384. The zero-order chi connectivity index (χ0) is 14.3. The summed E-state index contributed by atoms with van der Waals surface area (Å²) in [5.41, 5.74) is -0.189. The van der Waals surface area contributed by atoms with Gasteiger partial charge in [0.15, 0.2) is 0 Å². The number of carbonyl (C=O) groups is 1. The van der Waals surface area contributed by atoms with Crippen LogP contribution in [0.25, 0.3) is 0 Å². The van der Waals surface area contributed by atoms with Gasteiger partial charge < -0.3 is 15.4 Å². The summed E-state index contributed by atoms with van der Waals surface area (Å²) in [7, 11) is 0. The summed E-state index contributed by atoms with van der Waals surface area (Å²) in [6.45, 7) is 4.30. The Morgan fingerprint density at radius 3 is 2.74 bits per heavy atom. The van der Waals surface area contributed by atoms with E-state index in [1.165, 1.54) is 12.1 Å². The Kier molecular flexibility index (Phi) is 5.52. The molecule has 8 heteroatoms. The molecule has 0 aromatic carbocycles. The Hall–Kier alpha value is -2.38. The van der Waals surface area contributed by atoms with Gasteiger partial charge in [0.05, 0.1) is 11.5 Å². The van der Waals surface area contributed by atoms with E-state index < -0.39 is 10.9 Å². The normalized spacial score (nSPS) is 9.79. The smallest absolute Gasteiger partial charge is 0.325 e. The van der Waals surface area contributed by atoms with Crippen LogP contribution in [0.5, 0.6) is 0 Å². The number of ether oxygens (including phenoxy) is 1. The average Bonchev–Trinajstić information content (AvgIpc) is 2.37. The van der Waals surface area contributed by atoms with Gasteiger partial charge in [-0.15, -0.1) is 0 Å². The van der Waals surface area contributed by atoms with Gasteiger partial charge in [-0.1, -0.05) is 0 Å². The zero-order valence-electron chi connectivity index (χ0n) is 10.8. The van der Waals surface area contributed by atoms with Gasteiger partial charge in [-0.3, -0.25) is 14.9 Å². The van der Waals surface area contributed by atoms with E-state index in [1.54, 1.807) is 6.92 Å². The number of nitrogens with zero attached hydrogens (tertiary/aromatic N) is 2. The van der Waals surface area contributed by atoms with Gasteiger partial charge in [0, 0.05) is 12.6 Å². The van der Waals surface area contributed by atoms with Crippen LogP contribution in [0, 0.1) is 10.1 Å². The molecule has 2 N–H and O–H groups in total. The fraction of sp³-hybridized carbons (Fsp3) is 0.455. The highest BCUT2D eigenvalue weighted by Crippen LogP contribution is 2.23. The number of carbonyl (C=O) groups excluding carboxylic acids is 1. The van der Waals surface area contributed by atoms with Gasteiger partial charge in [-0.25, -0.2) is 4.98 Å². The third-order valence-corrected chi connectivity index (χ3v) is 2.13. The van der Waals surface area contributed by atoms with Crippen molar-refractivity contribution in [3.63, 3.8) is 0 Å². The molecule has 104 valence electrons. The quantitative estimate of drug-likeness (QED) is 0.437. The lowest BCUT2D eigenvalue weighted by Gasteiger charge is -2.08. The lowest BCUT2D eigenvalue weighted by molar-refractivity contribution is -0.384. The van der Waals surface area contributed by atoms with E-state index in [9.17, 15) is 14.9 Å². The van der Waals surface area contributed by atoms with E-state index in [1.807, 2.05) is 6.92 Å². The Morgan fingerprint density at radius 2 is 2.16 bits per heavy atom. The molecule has 0 spiro atoms. The van der Waals surface area contributed by atoms with Crippen molar-refractivity contribution >= 4 is 23.3 Å². The highest BCUT2D eigenvalue weighted by atomic mass is 16.6. The average molecular weight is 268 g/mol. The number of anilines is 2. The number of nitro groups is 1. The van der Waals surface area contributed by atoms with E-state index in [0.717, 1.165) is 0 Å². The monoisotopic (exact) mass is 268 g/mol. The SMILES string of the molecule is CCNc1ccc([N+](=O)[O-])c(NCC(=O)OCC)n1. The first-order valence-electron chi connectivity index (χ1n) is 5.87. The number of hydrogen-bond donors (Lipinski definition) is 2. The van der Waals surface area contributed by atoms with Gasteiger partial charge in [0.1, 0.15) is 12.4 Å². The van der Waals surface area contributed by atoms with Crippen molar-refractivity contribution in [2.75, 3.05) is 30.3 Å². The minimum atomic E-state index is -0.559. The summed E-state index contributed by atoms with van der Waals surface area (Å²) >= 11 is 0. The molecule has 0 saturated heterocycles. The van der Waals surface area contributed by atoms with Crippen LogP contribution in [-0.2, 0) is 9.53 Å². The molecule has 8 nitrogen and oxygen atoms in total. The van der Waals surface area contributed by atoms with E-state index >= 15 is 0 Å². The largest absolute Gasteiger partial charge is 0.465 e. The first-order valence-corrected chi connectivity index (χ1v) is 5.87. The molecular weight excluding hydrogens is 252 g/mol. The van der Waals surface area contributed by atoms with E-state index in [4.69, 9.17) is 4.74 Å². The summed E-state index contributed by atoms with van der Waals surface area (Å²) in [4.78, 5) is 25.5. The van der Waals surface area contributed by atoms with Gasteiger partial charge in [0.25, 0.3) is 0 Å². The highest BCUT2D eigenvalue weighted by molar-refractivity contribution is 5.76. The van der Waals surface area contributed by atoms with Gasteiger partial charge in [0.2, 0.25) is 5.82 Å². The first-order chi connectivity index (χ1) is 9.08. The fourth-order valence-corrected chi connectivity index (χ4v) is 1.38. The number of pyridine rings is 1. The minimum Gasteiger partial charge on any atom is -0.465 e. The zero-order valence-corrected chi connectivity index (χ0v) is 10.8. The fourth-order valence-electron chi connectivity index (χ4n) is 1.38. The number of esters is 1. The standard InChI is InChI=1S/C11H16N4O4/c1-3-12-9-6-5-8(15(17)18)11(14-9)13-7-10(16)19-4-2/h5-6H,3-4,7H2,1-2H3,(H2,12,13,14). The second-order valence-electron chi connectivity index (χ2n) is 3.51. The van der Waals surface area contributed by atoms with Crippen LogP contribution in [0.4, 0.5) is 17.3 Å². The van der Waals surface area contributed by atoms with Crippen molar-refractivity contribution in [1.29, 1.82) is 0 Å². The number of nitrogens with one attached hydrogen (secondary N) is 2. The van der Waals surface area contributed by atoms with E-state index in [0.29, 0.717) is 12.4 Å². The molecule has 0 atom stereocenters. The van der Waals surface area contributed by atoms with Crippen LogP contribution in [0.2, 0.25) is 0 Å². The lowest BCUT2D eigenvalue weighted by Crippen LogP contribution is -2.18. The maximum Gasteiger partial charge on any atom is 0.325 e. The molecule has 1 aromatic rings. The summed E-state index contributed by atoms with van der Waals surface area (Å²) in [6.07, 6.45) is 0. The van der Waals surface area contributed by atoms with Crippen molar-refractivity contribution in [1.82, 2.24) is 4.98 Å². The van der Waals surface area contributed by atoms with Crippen LogP contribution in [0.3, 0.4) is 0 Å². The van der Waals surface area contributed by atoms with Crippen LogP contribution in [0.15, 0.2) is 12.1 Å².